The molecule has 0 unspecified atom stereocenters. The molecule has 5 heteroatoms. The van der Waals surface area contributed by atoms with Crippen LogP contribution in [0.25, 0.3) is 0 Å². The summed E-state index contributed by atoms with van der Waals surface area (Å²) in [7, 11) is 0. The van der Waals surface area contributed by atoms with Gasteiger partial charge in [-0.2, -0.15) is 0 Å². The number of carbonyl (C=O) groups is 2. The molecule has 1 aliphatic carbocycles. The van der Waals surface area contributed by atoms with Crippen molar-refractivity contribution in [2.24, 2.45) is 11.8 Å². The number of benzene rings is 1. The second-order valence-electron chi connectivity index (χ2n) is 7.40. The average Bonchev–Trinajstić information content (AvgIpc) is 2.94. The number of aliphatic hydroxyl groups is 2. The third-order valence-corrected chi connectivity index (χ3v) is 5.19. The second kappa shape index (κ2) is 11.6. The zero-order valence-electron chi connectivity index (χ0n) is 16.1. The molecule has 1 aromatic carbocycles. The Morgan fingerprint density at radius 2 is 1.96 bits per heavy atom. The molecule has 1 saturated carbocycles. The largest absolute Gasteiger partial charge is 0.481 e. The highest BCUT2D eigenvalue weighted by molar-refractivity contribution is 5.86. The minimum Gasteiger partial charge on any atom is -0.481 e. The second-order valence-corrected chi connectivity index (χ2v) is 7.40. The van der Waals surface area contributed by atoms with Crippen molar-refractivity contribution in [1.82, 2.24) is 0 Å². The molecule has 0 bridgehead atoms. The number of unbranched alkanes of at least 4 members (excludes halogenated alkanes) is 1. The van der Waals surface area contributed by atoms with Crippen LogP contribution in [0.1, 0.15) is 44.1 Å². The first-order valence-electron chi connectivity index (χ1n) is 9.95. The molecule has 0 saturated heterocycles. The third-order valence-electron chi connectivity index (χ3n) is 5.19. The quantitative estimate of drug-likeness (QED) is 0.401. The maximum atomic E-state index is 12.2. The van der Waals surface area contributed by atoms with E-state index in [4.69, 9.17) is 5.11 Å². The van der Waals surface area contributed by atoms with E-state index < -0.39 is 18.2 Å². The molecule has 5 nitrogen and oxygen atoms in total. The molecule has 0 aliphatic heterocycles. The highest BCUT2D eigenvalue weighted by Crippen LogP contribution is 2.33. The molecule has 0 heterocycles. The van der Waals surface area contributed by atoms with Gasteiger partial charge in [0, 0.05) is 24.7 Å². The number of carboxylic acid groups (broad SMARTS) is 1. The average molecular weight is 386 g/mol. The van der Waals surface area contributed by atoms with Gasteiger partial charge in [0.25, 0.3) is 0 Å². The van der Waals surface area contributed by atoms with Crippen LogP contribution in [0.15, 0.2) is 54.6 Å². The molecule has 2 rings (SSSR count). The number of aryl methyl sites for hydroxylation is 1. The summed E-state index contributed by atoms with van der Waals surface area (Å²) in [5, 5.41) is 29.0. The first-order valence-corrected chi connectivity index (χ1v) is 9.95. The lowest BCUT2D eigenvalue weighted by Crippen LogP contribution is -2.19. The fourth-order valence-electron chi connectivity index (χ4n) is 3.57. The van der Waals surface area contributed by atoms with Gasteiger partial charge < -0.3 is 15.3 Å². The summed E-state index contributed by atoms with van der Waals surface area (Å²) >= 11 is 0. The van der Waals surface area contributed by atoms with Gasteiger partial charge in [-0.3, -0.25) is 9.59 Å². The standard InChI is InChI=1S/C23H30O5/c24-18(13-12-17-8-4-3-5-9-17)14-15-20-19(21(25)16-22(20)26)10-6-1-2-7-11-23(27)28/h1,3-6,8-9,14-15,18-21,24-25H,2,7,10-13,16H2,(H,27,28)/b6-1-,15-14+/t18-,19+,20+,21-/m0/s1. The lowest BCUT2D eigenvalue weighted by molar-refractivity contribution is -0.137. The summed E-state index contributed by atoms with van der Waals surface area (Å²) in [5.41, 5.74) is 1.16. The van der Waals surface area contributed by atoms with Crippen LogP contribution in [0.3, 0.4) is 0 Å². The third kappa shape index (κ3) is 7.41. The SMILES string of the molecule is O=C(O)CCC/C=C\C[C@H]1[C@@H](O)CC(=O)[C@@H]1/C=C/[C@@H](O)CCc1ccccc1. The van der Waals surface area contributed by atoms with Crippen molar-refractivity contribution >= 4 is 11.8 Å². The van der Waals surface area contributed by atoms with Crippen molar-refractivity contribution in [3.05, 3.63) is 60.2 Å². The smallest absolute Gasteiger partial charge is 0.303 e. The normalized spacial score (nSPS) is 23.6. The molecular weight excluding hydrogens is 356 g/mol. The van der Waals surface area contributed by atoms with E-state index in [1.165, 1.54) is 0 Å². The van der Waals surface area contributed by atoms with E-state index in [9.17, 15) is 19.8 Å². The Kier molecular flexibility index (Phi) is 9.11. The Hall–Kier alpha value is -2.24. The molecule has 0 aromatic heterocycles. The van der Waals surface area contributed by atoms with Crippen molar-refractivity contribution in [2.45, 2.75) is 57.2 Å². The van der Waals surface area contributed by atoms with Gasteiger partial charge in [0.2, 0.25) is 0 Å². The zero-order chi connectivity index (χ0) is 20.4. The molecule has 0 amide bonds. The van der Waals surface area contributed by atoms with Crippen molar-refractivity contribution in [1.29, 1.82) is 0 Å². The highest BCUT2D eigenvalue weighted by atomic mass is 16.4. The first-order chi connectivity index (χ1) is 13.5. The predicted molar refractivity (Wildman–Crippen MR) is 108 cm³/mol. The molecule has 4 atom stereocenters. The van der Waals surface area contributed by atoms with Crippen molar-refractivity contribution < 1.29 is 24.9 Å². The number of aliphatic carboxylic acids is 1. The van der Waals surface area contributed by atoms with E-state index in [1.54, 1.807) is 12.2 Å². The lowest BCUT2D eigenvalue weighted by Gasteiger charge is -2.17. The number of hydrogen-bond donors (Lipinski definition) is 3. The van der Waals surface area contributed by atoms with Crippen LogP contribution in [-0.4, -0.2) is 39.3 Å². The lowest BCUT2D eigenvalue weighted by atomic mass is 9.90. The number of rotatable bonds is 11. The Balaban J connectivity index is 1.82. The van der Waals surface area contributed by atoms with Gasteiger partial charge in [0.15, 0.2) is 0 Å². The van der Waals surface area contributed by atoms with Crippen LogP contribution in [0.2, 0.25) is 0 Å². The monoisotopic (exact) mass is 386 g/mol. The van der Waals surface area contributed by atoms with Crippen LogP contribution in [0, 0.1) is 11.8 Å². The molecule has 28 heavy (non-hydrogen) atoms. The van der Waals surface area contributed by atoms with Gasteiger partial charge in [0.05, 0.1) is 12.2 Å². The van der Waals surface area contributed by atoms with Crippen LogP contribution in [-0.2, 0) is 16.0 Å². The Morgan fingerprint density at radius 1 is 1.21 bits per heavy atom. The molecule has 0 spiro atoms. The van der Waals surface area contributed by atoms with E-state index in [0.717, 1.165) is 12.0 Å². The maximum absolute atomic E-state index is 12.2. The van der Waals surface area contributed by atoms with E-state index in [1.807, 2.05) is 42.5 Å². The molecule has 152 valence electrons. The maximum Gasteiger partial charge on any atom is 0.303 e. The van der Waals surface area contributed by atoms with Crippen molar-refractivity contribution in [2.75, 3.05) is 0 Å². The van der Waals surface area contributed by atoms with E-state index in [-0.39, 0.29) is 30.5 Å². The van der Waals surface area contributed by atoms with Gasteiger partial charge in [-0.1, -0.05) is 54.6 Å². The summed E-state index contributed by atoms with van der Waals surface area (Å²) in [4.78, 5) is 22.7. The minimum absolute atomic E-state index is 0.00304. The first kappa shape index (κ1) is 22.1. The molecule has 1 aliphatic rings. The van der Waals surface area contributed by atoms with Gasteiger partial charge in [-0.25, -0.2) is 0 Å². The van der Waals surface area contributed by atoms with Crippen LogP contribution >= 0.6 is 0 Å². The van der Waals surface area contributed by atoms with E-state index in [0.29, 0.717) is 25.7 Å². The van der Waals surface area contributed by atoms with E-state index in [2.05, 4.69) is 0 Å². The van der Waals surface area contributed by atoms with Gasteiger partial charge in [-0.15, -0.1) is 0 Å². The summed E-state index contributed by atoms with van der Waals surface area (Å²) in [5.74, 6) is -1.38. The minimum atomic E-state index is -0.804. The van der Waals surface area contributed by atoms with Crippen molar-refractivity contribution in [3.63, 3.8) is 0 Å². The number of carboxylic acids is 1. The van der Waals surface area contributed by atoms with Crippen LogP contribution in [0.5, 0.6) is 0 Å². The zero-order valence-corrected chi connectivity index (χ0v) is 16.1. The van der Waals surface area contributed by atoms with Crippen LogP contribution in [0.4, 0.5) is 0 Å². The van der Waals surface area contributed by atoms with Gasteiger partial charge in [0.1, 0.15) is 5.78 Å². The molecule has 1 aromatic rings. The fraction of sp³-hybridized carbons (Fsp3) is 0.478. The molecule has 0 radical (unpaired) electrons. The Labute approximate surface area is 166 Å². The molecular formula is C23H30O5. The Morgan fingerprint density at radius 3 is 2.68 bits per heavy atom. The summed E-state index contributed by atoms with van der Waals surface area (Å²) in [6.07, 6.45) is 9.39. The summed E-state index contributed by atoms with van der Waals surface area (Å²) in [6, 6.07) is 9.93. The van der Waals surface area contributed by atoms with E-state index >= 15 is 0 Å². The fourth-order valence-corrected chi connectivity index (χ4v) is 3.57. The predicted octanol–water partition coefficient (Wildman–Crippen LogP) is 3.30. The number of carbonyl (C=O) groups excluding carboxylic acids is 1. The number of hydrogen-bond acceptors (Lipinski definition) is 4. The highest BCUT2D eigenvalue weighted by Gasteiger charge is 2.39. The summed E-state index contributed by atoms with van der Waals surface area (Å²) in [6.45, 7) is 0. The number of aliphatic hydroxyl groups excluding tert-OH is 2. The number of ketones is 1. The van der Waals surface area contributed by atoms with Gasteiger partial charge >= 0.3 is 5.97 Å². The van der Waals surface area contributed by atoms with Gasteiger partial charge in [-0.05, 0) is 37.7 Å². The number of Topliss-reactive ketones (excluding diaryl/α,β-unsaturated/α-hetero) is 1. The topological polar surface area (TPSA) is 94.8 Å². The number of allylic oxidation sites excluding steroid dienone is 3. The van der Waals surface area contributed by atoms with Crippen molar-refractivity contribution in [3.8, 4) is 0 Å². The Bertz CT molecular complexity index is 679. The molecule has 3 N–H and O–H groups in total. The summed E-state index contributed by atoms with van der Waals surface area (Å²) < 4.78 is 0. The molecule has 1 fully saturated rings. The van der Waals surface area contributed by atoms with Crippen LogP contribution < -0.4 is 0 Å².